The highest BCUT2D eigenvalue weighted by atomic mass is 31.2. The molecular weight excluding hydrogens is 643 g/mol. The normalized spacial score (nSPS) is 11.4. The lowest BCUT2D eigenvalue weighted by Crippen LogP contribution is -2.37. The van der Waals surface area contributed by atoms with Crippen LogP contribution < -0.4 is 26.1 Å². The van der Waals surface area contributed by atoms with Crippen molar-refractivity contribution in [3.8, 4) is 0 Å². The molecule has 0 atom stereocenters. The number of likely N-dealkylation sites (N-methyl/N-ethyl adjacent to an activating group) is 1. The van der Waals surface area contributed by atoms with Crippen LogP contribution in [-0.4, -0.2) is 38.0 Å². The van der Waals surface area contributed by atoms with E-state index in [-0.39, 0.29) is 18.2 Å². The summed E-state index contributed by atoms with van der Waals surface area (Å²) in [7, 11) is 0.0396. The van der Waals surface area contributed by atoms with E-state index in [1.54, 1.807) is 0 Å². The van der Waals surface area contributed by atoms with Crippen molar-refractivity contribution in [2.45, 2.75) is 77.6 Å². The standard InChI is InChI=1S/C46H55N2O2P/c1-3-4-5-6-7-8-9-10-20-28-45(49)40-30-29-39-36-41(32-31-38(39)35-40)48(2)37-46(50)47-33-21-34-51(42-22-14-11-15-23-42,43-24-16-12-17-25-43)44-26-18-13-19-27-44/h11-19,22-27,29-32,35-36H,3-10,20-21,28,33-34,37H2,1-2H3/p+1. The Labute approximate surface area is 307 Å². The summed E-state index contributed by atoms with van der Waals surface area (Å²) < 4.78 is 0. The first kappa shape index (κ1) is 38.0. The highest BCUT2D eigenvalue weighted by molar-refractivity contribution is 7.95. The average Bonchev–Trinajstić information content (AvgIpc) is 3.18. The molecule has 266 valence electrons. The molecule has 0 spiro atoms. The molecule has 0 aliphatic carbocycles. The third kappa shape index (κ3) is 10.6. The van der Waals surface area contributed by atoms with Gasteiger partial charge >= 0.3 is 0 Å². The number of nitrogens with zero attached hydrogens (tertiary/aromatic N) is 1. The zero-order valence-electron chi connectivity index (χ0n) is 30.7. The zero-order valence-corrected chi connectivity index (χ0v) is 31.6. The lowest BCUT2D eigenvalue weighted by atomic mass is 10.00. The van der Waals surface area contributed by atoms with Gasteiger partial charge in [-0.3, -0.25) is 9.59 Å². The van der Waals surface area contributed by atoms with E-state index in [0.717, 1.165) is 47.4 Å². The summed E-state index contributed by atoms with van der Waals surface area (Å²) in [6.07, 6.45) is 13.7. The predicted molar refractivity (Wildman–Crippen MR) is 221 cm³/mol. The minimum atomic E-state index is -1.92. The Morgan fingerprint density at radius 1 is 0.588 bits per heavy atom. The third-order valence-corrected chi connectivity index (χ3v) is 14.6. The number of hydrogen-bond acceptors (Lipinski definition) is 3. The first-order chi connectivity index (χ1) is 25.0. The van der Waals surface area contributed by atoms with Crippen LogP contribution in [0.15, 0.2) is 127 Å². The number of benzene rings is 5. The predicted octanol–water partition coefficient (Wildman–Crippen LogP) is 9.88. The van der Waals surface area contributed by atoms with Crippen LogP contribution in [0.1, 0.15) is 87.9 Å². The molecule has 0 saturated heterocycles. The topological polar surface area (TPSA) is 49.4 Å². The van der Waals surface area contributed by atoms with Gasteiger partial charge in [-0.25, -0.2) is 0 Å². The smallest absolute Gasteiger partial charge is 0.239 e. The maximum atomic E-state index is 13.2. The number of nitrogens with one attached hydrogen (secondary N) is 1. The number of hydrogen-bond donors (Lipinski definition) is 1. The Kier molecular flexibility index (Phi) is 14.9. The van der Waals surface area contributed by atoms with Crippen molar-refractivity contribution >= 4 is 51.3 Å². The molecule has 0 bridgehead atoms. The molecule has 0 unspecified atom stereocenters. The van der Waals surface area contributed by atoms with Crippen molar-refractivity contribution in [3.63, 3.8) is 0 Å². The quantitative estimate of drug-likeness (QED) is 0.0471. The number of ketones is 1. The molecule has 5 rings (SSSR count). The lowest BCUT2D eigenvalue weighted by Gasteiger charge is -2.28. The van der Waals surface area contributed by atoms with Crippen LogP contribution in [0, 0.1) is 0 Å². The molecule has 0 aliphatic heterocycles. The molecule has 51 heavy (non-hydrogen) atoms. The van der Waals surface area contributed by atoms with Crippen molar-refractivity contribution < 1.29 is 9.59 Å². The fourth-order valence-corrected chi connectivity index (χ4v) is 11.5. The fourth-order valence-electron chi connectivity index (χ4n) is 7.17. The van der Waals surface area contributed by atoms with Crippen LogP contribution in [0.3, 0.4) is 0 Å². The number of amides is 1. The summed E-state index contributed by atoms with van der Waals surface area (Å²) in [5.41, 5.74) is 1.77. The summed E-state index contributed by atoms with van der Waals surface area (Å²) in [5, 5.41) is 9.41. The number of fused-ring (bicyclic) bond motifs is 1. The van der Waals surface area contributed by atoms with E-state index < -0.39 is 7.26 Å². The number of carbonyl (C=O) groups excluding carboxylic acids is 2. The Hall–Kier alpha value is -4.27. The van der Waals surface area contributed by atoms with Crippen LogP contribution in [-0.2, 0) is 4.79 Å². The van der Waals surface area contributed by atoms with Gasteiger partial charge in [-0.1, -0.05) is 131 Å². The van der Waals surface area contributed by atoms with E-state index in [0.29, 0.717) is 13.0 Å². The minimum absolute atomic E-state index is 0.0121. The first-order valence-electron chi connectivity index (χ1n) is 19.1. The third-order valence-electron chi connectivity index (χ3n) is 10.1. The second kappa shape index (κ2) is 19.9. The second-order valence-corrected chi connectivity index (χ2v) is 17.5. The monoisotopic (exact) mass is 699 g/mol. The van der Waals surface area contributed by atoms with Gasteiger partial charge in [0, 0.05) is 31.3 Å². The average molecular weight is 700 g/mol. The maximum Gasteiger partial charge on any atom is 0.239 e. The molecule has 0 aliphatic rings. The molecule has 5 heteroatoms. The Morgan fingerprint density at radius 3 is 1.67 bits per heavy atom. The molecule has 0 radical (unpaired) electrons. The number of unbranched alkanes of at least 4 members (excludes halogenated alkanes) is 8. The van der Waals surface area contributed by atoms with Gasteiger partial charge in [0.1, 0.15) is 23.2 Å². The van der Waals surface area contributed by atoms with E-state index in [4.69, 9.17) is 0 Å². The van der Waals surface area contributed by atoms with E-state index in [1.807, 2.05) is 36.2 Å². The highest BCUT2D eigenvalue weighted by Crippen LogP contribution is 2.55. The van der Waals surface area contributed by atoms with Gasteiger partial charge in [-0.15, -0.1) is 0 Å². The summed E-state index contributed by atoms with van der Waals surface area (Å²) in [6, 6.07) is 44.9. The molecule has 0 aromatic heterocycles. The van der Waals surface area contributed by atoms with Crippen molar-refractivity contribution in [2.75, 3.05) is 31.2 Å². The highest BCUT2D eigenvalue weighted by Gasteiger charge is 2.44. The summed E-state index contributed by atoms with van der Waals surface area (Å²) in [4.78, 5) is 28.1. The Balaban J connectivity index is 1.13. The SMILES string of the molecule is CCCCCCCCCCCC(=O)c1ccc2cc(N(C)CC(=O)NCCC[P+](c3ccccc3)(c3ccccc3)c3ccccc3)ccc2c1. The van der Waals surface area contributed by atoms with E-state index in [9.17, 15) is 9.59 Å². The first-order valence-corrected chi connectivity index (χ1v) is 21.1. The minimum Gasteiger partial charge on any atom is -0.365 e. The molecule has 0 fully saturated rings. The van der Waals surface area contributed by atoms with Crippen molar-refractivity contribution in [1.29, 1.82) is 0 Å². The van der Waals surface area contributed by atoms with Gasteiger partial charge in [0.15, 0.2) is 5.78 Å². The van der Waals surface area contributed by atoms with Gasteiger partial charge in [0.05, 0.1) is 12.7 Å². The van der Waals surface area contributed by atoms with Gasteiger partial charge in [-0.05, 0) is 78.2 Å². The van der Waals surface area contributed by atoms with E-state index >= 15 is 0 Å². The maximum absolute atomic E-state index is 13.2. The molecule has 1 N–H and O–H groups in total. The van der Waals surface area contributed by atoms with Crippen LogP contribution >= 0.6 is 7.26 Å². The van der Waals surface area contributed by atoms with Crippen LogP contribution in [0.2, 0.25) is 0 Å². The summed E-state index contributed by atoms with van der Waals surface area (Å²) in [6.45, 7) is 3.15. The largest absolute Gasteiger partial charge is 0.365 e. The van der Waals surface area contributed by atoms with Crippen LogP contribution in [0.4, 0.5) is 5.69 Å². The summed E-state index contributed by atoms with van der Waals surface area (Å²) in [5.74, 6) is 0.242. The zero-order chi connectivity index (χ0) is 35.7. The molecule has 4 nitrogen and oxygen atoms in total. The van der Waals surface area contributed by atoms with Crippen LogP contribution in [0.5, 0.6) is 0 Å². The lowest BCUT2D eigenvalue weighted by molar-refractivity contribution is -0.119. The number of rotatable bonds is 21. The summed E-state index contributed by atoms with van der Waals surface area (Å²) >= 11 is 0. The molecule has 5 aromatic rings. The van der Waals surface area contributed by atoms with E-state index in [1.165, 1.54) is 60.9 Å². The molecule has 0 heterocycles. The van der Waals surface area contributed by atoms with Gasteiger partial charge < -0.3 is 10.2 Å². The van der Waals surface area contributed by atoms with Crippen molar-refractivity contribution in [3.05, 3.63) is 133 Å². The molecular formula is C46H56N2O2P+. The number of carbonyl (C=O) groups is 2. The number of Topliss-reactive ketones (excluding diaryl/α,β-unsaturated/α-hetero) is 1. The van der Waals surface area contributed by atoms with Crippen molar-refractivity contribution in [2.24, 2.45) is 0 Å². The fraction of sp³-hybridized carbons (Fsp3) is 0.348. The molecule has 0 saturated carbocycles. The van der Waals surface area contributed by atoms with Gasteiger partial charge in [0.2, 0.25) is 5.91 Å². The Bertz CT molecular complexity index is 1700. The number of anilines is 1. The molecule has 1 amide bonds. The van der Waals surface area contributed by atoms with Gasteiger partial charge in [0.25, 0.3) is 0 Å². The molecule has 5 aromatic carbocycles. The van der Waals surface area contributed by atoms with Gasteiger partial charge in [-0.2, -0.15) is 0 Å². The van der Waals surface area contributed by atoms with Crippen molar-refractivity contribution in [1.82, 2.24) is 5.32 Å². The Morgan fingerprint density at radius 2 is 1.10 bits per heavy atom. The van der Waals surface area contributed by atoms with E-state index in [2.05, 4.69) is 115 Å². The second-order valence-electron chi connectivity index (χ2n) is 13.8. The van der Waals surface area contributed by atoms with Crippen LogP contribution in [0.25, 0.3) is 10.8 Å².